The fourth-order valence-electron chi connectivity index (χ4n) is 3.05. The first-order valence-corrected chi connectivity index (χ1v) is 7.48. The minimum Gasteiger partial charge on any atom is -0.311 e. The Hall–Kier alpha value is -0.830. The maximum absolute atomic E-state index is 4.75. The van der Waals surface area contributed by atoms with Crippen LogP contribution in [0, 0.1) is 0 Å². The molecule has 1 fully saturated rings. The topological polar surface area (TPSA) is 29.9 Å². The Labute approximate surface area is 111 Å². The van der Waals surface area contributed by atoms with Crippen LogP contribution in [0.15, 0.2) is 12.3 Å². The average molecular weight is 249 g/mol. The Balaban J connectivity index is 2.05. The number of hydrogen-bond acceptors (Lipinski definition) is 2. The van der Waals surface area contributed by atoms with Gasteiger partial charge in [0.1, 0.15) is 0 Å². The van der Waals surface area contributed by atoms with Gasteiger partial charge in [-0.2, -0.15) is 5.10 Å². The summed E-state index contributed by atoms with van der Waals surface area (Å²) in [6.45, 7) is 7.89. The molecule has 0 saturated carbocycles. The van der Waals surface area contributed by atoms with Gasteiger partial charge in [0.25, 0.3) is 0 Å². The molecule has 1 saturated heterocycles. The summed E-state index contributed by atoms with van der Waals surface area (Å²) in [5.74, 6) is 0. The lowest BCUT2D eigenvalue weighted by Crippen LogP contribution is -2.41. The first-order valence-electron chi connectivity index (χ1n) is 7.48. The van der Waals surface area contributed by atoms with Crippen molar-refractivity contribution in [3.05, 3.63) is 18.0 Å². The average Bonchev–Trinajstić information content (AvgIpc) is 2.99. The van der Waals surface area contributed by atoms with Crippen molar-refractivity contribution in [3.8, 4) is 0 Å². The zero-order valence-corrected chi connectivity index (χ0v) is 12.1. The van der Waals surface area contributed by atoms with E-state index in [4.69, 9.17) is 5.10 Å². The molecule has 0 bridgehead atoms. The molecule has 1 N–H and O–H groups in total. The lowest BCUT2D eigenvalue weighted by atomic mass is 9.87. The fourth-order valence-corrected chi connectivity index (χ4v) is 3.05. The van der Waals surface area contributed by atoms with Crippen LogP contribution in [0.5, 0.6) is 0 Å². The van der Waals surface area contributed by atoms with Gasteiger partial charge in [-0.1, -0.05) is 20.3 Å². The smallest absolute Gasteiger partial charge is 0.0643 e. The van der Waals surface area contributed by atoms with Crippen molar-refractivity contribution in [1.29, 1.82) is 0 Å². The van der Waals surface area contributed by atoms with Gasteiger partial charge in [-0.15, -0.1) is 0 Å². The first kappa shape index (κ1) is 13.6. The van der Waals surface area contributed by atoms with Crippen molar-refractivity contribution in [2.24, 2.45) is 0 Å². The van der Waals surface area contributed by atoms with Gasteiger partial charge in [0, 0.05) is 24.2 Å². The molecule has 2 unspecified atom stereocenters. The Kier molecular flexibility index (Phi) is 4.44. The molecule has 1 aliphatic heterocycles. The number of nitrogens with one attached hydrogen (secondary N) is 1. The lowest BCUT2D eigenvalue weighted by molar-refractivity contribution is 0.336. The molecule has 3 heteroatoms. The molecule has 2 rings (SSSR count). The summed E-state index contributed by atoms with van der Waals surface area (Å²) in [7, 11) is 0. The molecule has 1 aliphatic rings. The zero-order chi connectivity index (χ0) is 13.0. The van der Waals surface area contributed by atoms with Crippen LogP contribution in [0.2, 0.25) is 0 Å². The second-order valence-electron chi connectivity index (χ2n) is 5.78. The van der Waals surface area contributed by atoms with Crippen LogP contribution < -0.4 is 5.32 Å². The van der Waals surface area contributed by atoms with E-state index < -0.39 is 0 Å². The molecule has 1 aromatic rings. The minimum absolute atomic E-state index is 0.323. The van der Waals surface area contributed by atoms with Gasteiger partial charge in [0.2, 0.25) is 0 Å². The third kappa shape index (κ3) is 2.94. The summed E-state index contributed by atoms with van der Waals surface area (Å²) in [6, 6.07) is 2.71. The van der Waals surface area contributed by atoms with Crippen molar-refractivity contribution in [2.75, 3.05) is 6.54 Å². The predicted octanol–water partition coefficient (Wildman–Crippen LogP) is 3.32. The molecule has 3 nitrogen and oxygen atoms in total. The molecule has 102 valence electrons. The molecule has 0 radical (unpaired) electrons. The molecule has 0 aromatic carbocycles. The number of rotatable bonds is 6. The minimum atomic E-state index is 0.323. The third-order valence-corrected chi connectivity index (χ3v) is 4.29. The summed E-state index contributed by atoms with van der Waals surface area (Å²) >= 11 is 0. The van der Waals surface area contributed by atoms with Crippen LogP contribution in [0.3, 0.4) is 0 Å². The van der Waals surface area contributed by atoms with E-state index in [1.807, 2.05) is 0 Å². The molecule has 1 aromatic heterocycles. The van der Waals surface area contributed by atoms with Crippen molar-refractivity contribution >= 4 is 0 Å². The van der Waals surface area contributed by atoms with E-state index in [-0.39, 0.29) is 0 Å². The van der Waals surface area contributed by atoms with Crippen molar-refractivity contribution in [1.82, 2.24) is 15.1 Å². The molecule has 2 atom stereocenters. The second-order valence-corrected chi connectivity index (χ2v) is 5.78. The van der Waals surface area contributed by atoms with Crippen LogP contribution in [0.1, 0.15) is 64.6 Å². The van der Waals surface area contributed by atoms with Gasteiger partial charge in [0.15, 0.2) is 0 Å². The second kappa shape index (κ2) is 5.87. The highest BCUT2D eigenvalue weighted by Gasteiger charge is 2.33. The van der Waals surface area contributed by atoms with Gasteiger partial charge >= 0.3 is 0 Å². The predicted molar refractivity (Wildman–Crippen MR) is 75.8 cm³/mol. The van der Waals surface area contributed by atoms with Gasteiger partial charge in [-0.25, -0.2) is 0 Å². The SMILES string of the molecule is CCCC1(Cc2ccn(C(C)CC)n2)CCCN1. The van der Waals surface area contributed by atoms with Gasteiger partial charge in [-0.3, -0.25) is 4.68 Å². The molecule has 0 aliphatic carbocycles. The fraction of sp³-hybridized carbons (Fsp3) is 0.800. The standard InChI is InChI=1S/C15H27N3/c1-4-8-15(9-6-10-16-15)12-14-7-11-18(17-14)13(3)5-2/h7,11,13,16H,4-6,8-10,12H2,1-3H3. The number of hydrogen-bond donors (Lipinski definition) is 1. The highest BCUT2D eigenvalue weighted by Crippen LogP contribution is 2.28. The summed E-state index contributed by atoms with van der Waals surface area (Å²) in [5.41, 5.74) is 1.57. The highest BCUT2D eigenvalue weighted by atomic mass is 15.3. The van der Waals surface area contributed by atoms with E-state index >= 15 is 0 Å². The van der Waals surface area contributed by atoms with Crippen molar-refractivity contribution < 1.29 is 0 Å². The lowest BCUT2D eigenvalue weighted by Gasteiger charge is -2.28. The quantitative estimate of drug-likeness (QED) is 0.838. The van der Waals surface area contributed by atoms with Gasteiger partial charge in [0.05, 0.1) is 5.69 Å². The van der Waals surface area contributed by atoms with Crippen molar-refractivity contribution in [3.63, 3.8) is 0 Å². The normalized spacial score (nSPS) is 25.5. The Morgan fingerprint density at radius 2 is 2.33 bits per heavy atom. The van der Waals surface area contributed by atoms with Crippen LogP contribution >= 0.6 is 0 Å². The molecular formula is C15H27N3. The summed E-state index contributed by atoms with van der Waals surface area (Å²) in [4.78, 5) is 0. The Bertz CT molecular complexity index is 364. The molecule has 18 heavy (non-hydrogen) atoms. The molecule has 0 spiro atoms. The van der Waals surface area contributed by atoms with Gasteiger partial charge in [-0.05, 0) is 45.2 Å². The summed E-state index contributed by atoms with van der Waals surface area (Å²) in [5, 5.41) is 8.47. The Morgan fingerprint density at radius 3 is 2.94 bits per heavy atom. The summed E-state index contributed by atoms with van der Waals surface area (Å²) in [6.07, 6.45) is 9.49. The monoisotopic (exact) mass is 249 g/mol. The molecule has 2 heterocycles. The van der Waals surface area contributed by atoms with E-state index in [0.717, 1.165) is 12.8 Å². The number of nitrogens with zero attached hydrogens (tertiary/aromatic N) is 2. The van der Waals surface area contributed by atoms with Crippen LogP contribution in [0.4, 0.5) is 0 Å². The molecule has 0 amide bonds. The van der Waals surface area contributed by atoms with Gasteiger partial charge < -0.3 is 5.32 Å². The summed E-state index contributed by atoms with van der Waals surface area (Å²) < 4.78 is 2.12. The highest BCUT2D eigenvalue weighted by molar-refractivity contribution is 5.08. The maximum Gasteiger partial charge on any atom is 0.0643 e. The van der Waals surface area contributed by atoms with E-state index in [9.17, 15) is 0 Å². The van der Waals surface area contributed by atoms with Crippen LogP contribution in [-0.4, -0.2) is 21.9 Å². The van der Waals surface area contributed by atoms with E-state index in [1.165, 1.54) is 37.9 Å². The van der Waals surface area contributed by atoms with E-state index in [1.54, 1.807) is 0 Å². The van der Waals surface area contributed by atoms with Crippen LogP contribution in [0.25, 0.3) is 0 Å². The van der Waals surface area contributed by atoms with E-state index in [0.29, 0.717) is 11.6 Å². The maximum atomic E-state index is 4.75. The molecular weight excluding hydrogens is 222 g/mol. The first-order chi connectivity index (χ1) is 8.69. The third-order valence-electron chi connectivity index (χ3n) is 4.29. The van der Waals surface area contributed by atoms with Crippen molar-refractivity contribution in [2.45, 2.75) is 70.9 Å². The largest absolute Gasteiger partial charge is 0.311 e. The van der Waals surface area contributed by atoms with E-state index in [2.05, 4.69) is 43.0 Å². The number of aromatic nitrogens is 2. The van der Waals surface area contributed by atoms with Crippen LogP contribution in [-0.2, 0) is 6.42 Å². The Morgan fingerprint density at radius 1 is 1.50 bits per heavy atom. The zero-order valence-electron chi connectivity index (χ0n) is 12.1.